The van der Waals surface area contributed by atoms with Gasteiger partial charge in [0.1, 0.15) is 5.82 Å². The zero-order valence-electron chi connectivity index (χ0n) is 8.57. The molecule has 1 N–H and O–H groups in total. The summed E-state index contributed by atoms with van der Waals surface area (Å²) in [6, 6.07) is 4.04. The third kappa shape index (κ3) is 4.59. The number of aryl methyl sites for hydroxylation is 1. The van der Waals surface area contributed by atoms with Crippen LogP contribution in [0.4, 0.5) is 17.6 Å². The molecule has 2 nitrogen and oxygen atoms in total. The summed E-state index contributed by atoms with van der Waals surface area (Å²) in [5.41, 5.74) is 3.52. The minimum atomic E-state index is -4.36. The summed E-state index contributed by atoms with van der Waals surface area (Å²) < 4.78 is 47.8. The first-order chi connectivity index (χ1) is 7.38. The predicted molar refractivity (Wildman–Crippen MR) is 50.0 cm³/mol. The number of alkyl halides is 3. The molecule has 0 aliphatic heterocycles. The van der Waals surface area contributed by atoms with Crippen LogP contribution in [0, 0.1) is 12.7 Å². The van der Waals surface area contributed by atoms with Crippen molar-refractivity contribution >= 4 is 0 Å². The second kappa shape index (κ2) is 5.27. The quantitative estimate of drug-likeness (QED) is 0.494. The van der Waals surface area contributed by atoms with Crippen molar-refractivity contribution in [2.24, 2.45) is 0 Å². The summed E-state index contributed by atoms with van der Waals surface area (Å²) in [6.45, 7) is 0.416. The topological polar surface area (TPSA) is 21.3 Å². The van der Waals surface area contributed by atoms with Crippen molar-refractivity contribution in [1.82, 2.24) is 5.48 Å². The zero-order valence-corrected chi connectivity index (χ0v) is 8.57. The van der Waals surface area contributed by atoms with E-state index in [1.165, 1.54) is 18.2 Å². The average Bonchev–Trinajstić information content (AvgIpc) is 2.13. The van der Waals surface area contributed by atoms with Crippen LogP contribution in [0.15, 0.2) is 18.2 Å². The highest BCUT2D eigenvalue weighted by molar-refractivity contribution is 5.26. The smallest absolute Gasteiger partial charge is 0.292 e. The Hall–Kier alpha value is -1.14. The molecule has 0 aliphatic carbocycles. The molecule has 90 valence electrons. The Morgan fingerprint density at radius 2 is 2.00 bits per heavy atom. The lowest BCUT2D eigenvalue weighted by Gasteiger charge is -2.09. The highest BCUT2D eigenvalue weighted by Gasteiger charge is 2.27. The zero-order chi connectivity index (χ0) is 12.2. The third-order valence-electron chi connectivity index (χ3n) is 1.91. The maximum absolute atomic E-state index is 12.7. The number of hydrogen-bond donors (Lipinski definition) is 1. The number of rotatable bonds is 4. The second-order valence-corrected chi connectivity index (χ2v) is 3.30. The Morgan fingerprint density at radius 3 is 2.56 bits per heavy atom. The molecule has 0 amide bonds. The lowest BCUT2D eigenvalue weighted by Crippen LogP contribution is -2.24. The van der Waals surface area contributed by atoms with Crippen LogP contribution in [0.25, 0.3) is 0 Å². The van der Waals surface area contributed by atoms with Gasteiger partial charge in [0, 0.05) is 6.54 Å². The molecule has 0 radical (unpaired) electrons. The highest BCUT2D eigenvalue weighted by atomic mass is 19.4. The fraction of sp³-hybridized carbons (Fsp3) is 0.400. The van der Waals surface area contributed by atoms with Gasteiger partial charge < -0.3 is 0 Å². The van der Waals surface area contributed by atoms with Gasteiger partial charge >= 0.3 is 6.18 Å². The van der Waals surface area contributed by atoms with Gasteiger partial charge in [0.25, 0.3) is 0 Å². The molecule has 0 fully saturated rings. The fourth-order valence-electron chi connectivity index (χ4n) is 1.12. The van der Waals surface area contributed by atoms with Crippen molar-refractivity contribution in [3.8, 4) is 0 Å². The standard InChI is InChI=1S/C10H11F4NO/c1-7-4-9(11)3-2-8(7)5-15-16-6-10(12,13)14/h2-4,15H,5-6H2,1H3. The molecule has 0 bridgehead atoms. The molecular formula is C10H11F4NO. The monoisotopic (exact) mass is 237 g/mol. The Labute approximate surface area is 90.2 Å². The van der Waals surface area contributed by atoms with Gasteiger partial charge in [-0.15, -0.1) is 0 Å². The number of halogens is 4. The van der Waals surface area contributed by atoms with Crippen LogP contribution < -0.4 is 5.48 Å². The molecule has 0 aliphatic rings. The SMILES string of the molecule is Cc1cc(F)ccc1CNOCC(F)(F)F. The van der Waals surface area contributed by atoms with Crippen LogP contribution in [-0.2, 0) is 11.4 Å². The van der Waals surface area contributed by atoms with Gasteiger partial charge in [-0.2, -0.15) is 18.7 Å². The van der Waals surface area contributed by atoms with Crippen molar-refractivity contribution < 1.29 is 22.4 Å². The largest absolute Gasteiger partial charge is 0.413 e. The molecule has 0 unspecified atom stereocenters. The van der Waals surface area contributed by atoms with E-state index in [1.54, 1.807) is 6.92 Å². The van der Waals surface area contributed by atoms with Crippen LogP contribution in [0.3, 0.4) is 0 Å². The molecule has 0 saturated carbocycles. The first kappa shape index (κ1) is 12.9. The minimum Gasteiger partial charge on any atom is -0.292 e. The van der Waals surface area contributed by atoms with E-state index in [0.29, 0.717) is 11.1 Å². The van der Waals surface area contributed by atoms with Gasteiger partial charge in [0.2, 0.25) is 0 Å². The molecule has 0 heterocycles. The van der Waals surface area contributed by atoms with Crippen LogP contribution in [-0.4, -0.2) is 12.8 Å². The van der Waals surface area contributed by atoms with Crippen molar-refractivity contribution in [3.05, 3.63) is 35.1 Å². The Kier molecular flexibility index (Phi) is 4.26. The van der Waals surface area contributed by atoms with Crippen molar-refractivity contribution in [1.29, 1.82) is 0 Å². The summed E-state index contributed by atoms with van der Waals surface area (Å²) in [4.78, 5) is 4.22. The van der Waals surface area contributed by atoms with E-state index in [9.17, 15) is 17.6 Å². The number of hydrogen-bond acceptors (Lipinski definition) is 2. The molecule has 0 atom stereocenters. The van der Waals surface area contributed by atoms with E-state index in [4.69, 9.17) is 0 Å². The van der Waals surface area contributed by atoms with Crippen molar-refractivity contribution in [2.75, 3.05) is 6.61 Å². The first-order valence-electron chi connectivity index (χ1n) is 4.55. The summed E-state index contributed by atoms with van der Waals surface area (Å²) in [6.07, 6.45) is -4.36. The summed E-state index contributed by atoms with van der Waals surface area (Å²) in [5, 5.41) is 0. The van der Waals surface area contributed by atoms with E-state index in [0.717, 1.165) is 0 Å². The number of benzene rings is 1. The van der Waals surface area contributed by atoms with E-state index in [-0.39, 0.29) is 12.4 Å². The van der Waals surface area contributed by atoms with E-state index >= 15 is 0 Å². The van der Waals surface area contributed by atoms with E-state index in [1.807, 2.05) is 0 Å². The van der Waals surface area contributed by atoms with Gasteiger partial charge in [-0.1, -0.05) is 6.07 Å². The normalized spacial score (nSPS) is 11.8. The Bertz CT molecular complexity index is 351. The summed E-state index contributed by atoms with van der Waals surface area (Å²) in [7, 11) is 0. The summed E-state index contributed by atoms with van der Waals surface area (Å²) >= 11 is 0. The molecule has 0 spiro atoms. The lowest BCUT2D eigenvalue weighted by atomic mass is 10.1. The van der Waals surface area contributed by atoms with Gasteiger partial charge in [-0.3, -0.25) is 4.84 Å². The van der Waals surface area contributed by atoms with Crippen molar-refractivity contribution in [3.63, 3.8) is 0 Å². The highest BCUT2D eigenvalue weighted by Crippen LogP contribution is 2.14. The van der Waals surface area contributed by atoms with Gasteiger partial charge in [0.05, 0.1) is 0 Å². The molecule has 0 aromatic heterocycles. The third-order valence-corrected chi connectivity index (χ3v) is 1.91. The van der Waals surface area contributed by atoms with Crippen LogP contribution >= 0.6 is 0 Å². The Morgan fingerprint density at radius 1 is 1.31 bits per heavy atom. The molecule has 1 aromatic carbocycles. The van der Waals surface area contributed by atoms with Crippen LogP contribution in [0.2, 0.25) is 0 Å². The molecule has 6 heteroatoms. The van der Waals surface area contributed by atoms with Crippen LogP contribution in [0.5, 0.6) is 0 Å². The van der Waals surface area contributed by atoms with E-state index in [2.05, 4.69) is 10.3 Å². The molecule has 1 rings (SSSR count). The van der Waals surface area contributed by atoms with Gasteiger partial charge in [-0.25, -0.2) is 4.39 Å². The average molecular weight is 237 g/mol. The Balaban J connectivity index is 2.38. The maximum Gasteiger partial charge on any atom is 0.413 e. The molecule has 0 saturated heterocycles. The first-order valence-corrected chi connectivity index (χ1v) is 4.55. The molecular weight excluding hydrogens is 226 g/mol. The lowest BCUT2D eigenvalue weighted by molar-refractivity contribution is -0.190. The van der Waals surface area contributed by atoms with Gasteiger partial charge in [0.15, 0.2) is 6.61 Å². The minimum absolute atomic E-state index is 0.0994. The summed E-state index contributed by atoms with van der Waals surface area (Å²) in [5.74, 6) is -0.377. The van der Waals surface area contributed by atoms with Crippen LogP contribution in [0.1, 0.15) is 11.1 Å². The number of hydroxylamine groups is 1. The molecule has 16 heavy (non-hydrogen) atoms. The fourth-order valence-corrected chi connectivity index (χ4v) is 1.12. The van der Waals surface area contributed by atoms with Gasteiger partial charge in [-0.05, 0) is 30.2 Å². The number of nitrogens with one attached hydrogen (secondary N) is 1. The second-order valence-electron chi connectivity index (χ2n) is 3.30. The predicted octanol–water partition coefficient (Wildman–Crippen LogP) is 2.72. The van der Waals surface area contributed by atoms with E-state index < -0.39 is 12.8 Å². The van der Waals surface area contributed by atoms with Crippen molar-refractivity contribution in [2.45, 2.75) is 19.6 Å². The maximum atomic E-state index is 12.7. The molecule has 1 aromatic rings.